The standard InChI is InChI=1S/C15H20N2O3/c1-12(18)16-10-7-13(8-11-16)5-6-15(20)17-9-3-2-4-14(17)19/h2,4-6,13H,3,7-11H2,1H3. The van der Waals surface area contributed by atoms with Crippen LogP contribution in [0, 0.1) is 5.92 Å². The molecule has 108 valence electrons. The van der Waals surface area contributed by atoms with Crippen LogP contribution in [0.3, 0.4) is 0 Å². The maximum atomic E-state index is 11.9. The summed E-state index contributed by atoms with van der Waals surface area (Å²) in [6.07, 6.45) is 9.08. The molecule has 0 bridgehead atoms. The van der Waals surface area contributed by atoms with E-state index < -0.39 is 0 Å². The molecule has 0 N–H and O–H groups in total. The van der Waals surface area contributed by atoms with Crippen molar-refractivity contribution in [1.82, 2.24) is 9.80 Å². The second-order valence-electron chi connectivity index (χ2n) is 5.22. The first kappa shape index (κ1) is 14.5. The molecule has 1 saturated heterocycles. The highest BCUT2D eigenvalue weighted by Crippen LogP contribution is 2.18. The van der Waals surface area contributed by atoms with Gasteiger partial charge in [0.1, 0.15) is 0 Å². The third-order valence-corrected chi connectivity index (χ3v) is 3.81. The first-order chi connectivity index (χ1) is 9.58. The van der Waals surface area contributed by atoms with Crippen LogP contribution in [-0.2, 0) is 14.4 Å². The van der Waals surface area contributed by atoms with Gasteiger partial charge >= 0.3 is 0 Å². The highest BCUT2D eigenvalue weighted by atomic mass is 16.2. The van der Waals surface area contributed by atoms with Gasteiger partial charge in [-0.15, -0.1) is 0 Å². The molecule has 2 aliphatic heterocycles. The highest BCUT2D eigenvalue weighted by Gasteiger charge is 2.21. The fourth-order valence-electron chi connectivity index (χ4n) is 2.52. The zero-order chi connectivity index (χ0) is 14.5. The van der Waals surface area contributed by atoms with Gasteiger partial charge in [-0.25, -0.2) is 0 Å². The van der Waals surface area contributed by atoms with E-state index in [0.717, 1.165) is 32.4 Å². The van der Waals surface area contributed by atoms with Gasteiger partial charge in [0.2, 0.25) is 5.91 Å². The van der Waals surface area contributed by atoms with Gasteiger partial charge in [-0.3, -0.25) is 19.3 Å². The lowest BCUT2D eigenvalue weighted by Gasteiger charge is -2.29. The lowest BCUT2D eigenvalue weighted by atomic mass is 9.96. The van der Waals surface area contributed by atoms with Crippen molar-refractivity contribution in [1.29, 1.82) is 0 Å². The molecule has 0 saturated carbocycles. The number of rotatable bonds is 2. The number of carbonyl (C=O) groups excluding carboxylic acids is 3. The summed E-state index contributed by atoms with van der Waals surface area (Å²) in [5.41, 5.74) is 0. The fourth-order valence-corrected chi connectivity index (χ4v) is 2.52. The van der Waals surface area contributed by atoms with E-state index in [1.807, 2.05) is 11.0 Å². The lowest BCUT2D eigenvalue weighted by Crippen LogP contribution is -2.38. The molecule has 2 rings (SSSR count). The summed E-state index contributed by atoms with van der Waals surface area (Å²) in [4.78, 5) is 37.8. The second kappa shape index (κ2) is 6.50. The molecule has 5 heteroatoms. The molecule has 0 radical (unpaired) electrons. The summed E-state index contributed by atoms with van der Waals surface area (Å²) >= 11 is 0. The summed E-state index contributed by atoms with van der Waals surface area (Å²) in [6.45, 7) is 3.52. The first-order valence-electron chi connectivity index (χ1n) is 7.03. The van der Waals surface area contributed by atoms with E-state index in [2.05, 4.69) is 0 Å². The summed E-state index contributed by atoms with van der Waals surface area (Å²) in [7, 11) is 0. The van der Waals surface area contributed by atoms with Crippen molar-refractivity contribution in [2.24, 2.45) is 5.92 Å². The van der Waals surface area contributed by atoms with Crippen molar-refractivity contribution in [3.8, 4) is 0 Å². The molecule has 2 aliphatic rings. The summed E-state index contributed by atoms with van der Waals surface area (Å²) in [6, 6.07) is 0. The molecule has 0 atom stereocenters. The van der Waals surface area contributed by atoms with Gasteiger partial charge in [-0.2, -0.15) is 0 Å². The largest absolute Gasteiger partial charge is 0.343 e. The topological polar surface area (TPSA) is 57.7 Å². The SMILES string of the molecule is CC(=O)N1CCC(C=CC(=O)N2CCC=CC2=O)CC1. The maximum Gasteiger partial charge on any atom is 0.253 e. The quantitative estimate of drug-likeness (QED) is 0.710. The molecular weight excluding hydrogens is 256 g/mol. The van der Waals surface area contributed by atoms with Crippen molar-refractivity contribution in [2.75, 3.05) is 19.6 Å². The van der Waals surface area contributed by atoms with E-state index in [1.165, 1.54) is 17.1 Å². The minimum absolute atomic E-state index is 0.106. The maximum absolute atomic E-state index is 11.9. The number of carbonyl (C=O) groups is 3. The van der Waals surface area contributed by atoms with Gasteiger partial charge in [0.15, 0.2) is 0 Å². The molecule has 0 aliphatic carbocycles. The van der Waals surface area contributed by atoms with Crippen LogP contribution in [-0.4, -0.2) is 47.2 Å². The molecule has 5 nitrogen and oxygen atoms in total. The van der Waals surface area contributed by atoms with Crippen LogP contribution < -0.4 is 0 Å². The Balaban J connectivity index is 1.84. The van der Waals surface area contributed by atoms with E-state index in [0.29, 0.717) is 12.5 Å². The van der Waals surface area contributed by atoms with Gasteiger partial charge in [0, 0.05) is 26.6 Å². The lowest BCUT2D eigenvalue weighted by molar-refractivity contribution is -0.139. The normalized spacial score (nSPS) is 20.8. The molecule has 2 heterocycles. The van der Waals surface area contributed by atoms with Crippen LogP contribution >= 0.6 is 0 Å². The van der Waals surface area contributed by atoms with Gasteiger partial charge < -0.3 is 4.90 Å². The predicted molar refractivity (Wildman–Crippen MR) is 74.6 cm³/mol. The fraction of sp³-hybridized carbons (Fsp3) is 0.533. The minimum Gasteiger partial charge on any atom is -0.343 e. The van der Waals surface area contributed by atoms with Crippen LogP contribution in [0.5, 0.6) is 0 Å². The van der Waals surface area contributed by atoms with E-state index in [1.54, 1.807) is 13.0 Å². The zero-order valence-corrected chi connectivity index (χ0v) is 11.7. The van der Waals surface area contributed by atoms with E-state index in [-0.39, 0.29) is 17.7 Å². The molecule has 0 unspecified atom stereocenters. The smallest absolute Gasteiger partial charge is 0.253 e. The second-order valence-corrected chi connectivity index (χ2v) is 5.22. The Kier molecular flexibility index (Phi) is 4.71. The first-order valence-corrected chi connectivity index (χ1v) is 7.03. The van der Waals surface area contributed by atoms with Gasteiger partial charge in [-0.1, -0.05) is 12.2 Å². The Bertz CT molecular complexity index is 460. The Labute approximate surface area is 118 Å². The number of piperidine rings is 1. The molecule has 1 fully saturated rings. The number of hydrogen-bond acceptors (Lipinski definition) is 3. The van der Waals surface area contributed by atoms with E-state index >= 15 is 0 Å². The number of amides is 3. The molecule has 3 amide bonds. The molecule has 0 aromatic heterocycles. The number of allylic oxidation sites excluding steroid dienone is 1. The summed E-state index contributed by atoms with van der Waals surface area (Å²) < 4.78 is 0. The Morgan fingerprint density at radius 2 is 1.95 bits per heavy atom. The average Bonchev–Trinajstić information content (AvgIpc) is 2.45. The zero-order valence-electron chi connectivity index (χ0n) is 11.7. The summed E-state index contributed by atoms with van der Waals surface area (Å²) in [5, 5.41) is 0. The molecule has 20 heavy (non-hydrogen) atoms. The molecule has 0 aromatic rings. The van der Waals surface area contributed by atoms with Crippen LogP contribution in [0.2, 0.25) is 0 Å². The number of nitrogens with zero attached hydrogens (tertiary/aromatic N) is 2. The van der Waals surface area contributed by atoms with Crippen LogP contribution in [0.15, 0.2) is 24.3 Å². The number of likely N-dealkylation sites (tertiary alicyclic amines) is 1. The van der Waals surface area contributed by atoms with Crippen LogP contribution in [0.4, 0.5) is 0 Å². The number of hydrogen-bond donors (Lipinski definition) is 0. The van der Waals surface area contributed by atoms with E-state index in [9.17, 15) is 14.4 Å². The third kappa shape index (κ3) is 3.56. The monoisotopic (exact) mass is 276 g/mol. The van der Waals surface area contributed by atoms with Crippen LogP contribution in [0.25, 0.3) is 0 Å². The highest BCUT2D eigenvalue weighted by molar-refractivity contribution is 6.05. The van der Waals surface area contributed by atoms with Crippen LogP contribution in [0.1, 0.15) is 26.2 Å². The minimum atomic E-state index is -0.242. The van der Waals surface area contributed by atoms with Gasteiger partial charge in [0.25, 0.3) is 11.8 Å². The molecule has 0 aromatic carbocycles. The summed E-state index contributed by atoms with van der Waals surface area (Å²) in [5.74, 6) is -0.0650. The van der Waals surface area contributed by atoms with Crippen molar-refractivity contribution in [3.05, 3.63) is 24.3 Å². The molecule has 0 spiro atoms. The van der Waals surface area contributed by atoms with Crippen molar-refractivity contribution < 1.29 is 14.4 Å². The van der Waals surface area contributed by atoms with Gasteiger partial charge in [0.05, 0.1) is 0 Å². The van der Waals surface area contributed by atoms with Gasteiger partial charge in [-0.05, 0) is 37.3 Å². The average molecular weight is 276 g/mol. The number of imide groups is 1. The Hall–Kier alpha value is -1.91. The Morgan fingerprint density at radius 1 is 1.25 bits per heavy atom. The Morgan fingerprint density at radius 3 is 2.55 bits per heavy atom. The molecular formula is C15H20N2O3. The third-order valence-electron chi connectivity index (χ3n) is 3.81. The van der Waals surface area contributed by atoms with Crippen molar-refractivity contribution in [2.45, 2.75) is 26.2 Å². The van der Waals surface area contributed by atoms with Crippen molar-refractivity contribution >= 4 is 17.7 Å². The van der Waals surface area contributed by atoms with E-state index in [4.69, 9.17) is 0 Å². The van der Waals surface area contributed by atoms with Crippen molar-refractivity contribution in [3.63, 3.8) is 0 Å². The predicted octanol–water partition coefficient (Wildman–Crippen LogP) is 1.12.